The van der Waals surface area contributed by atoms with Gasteiger partial charge in [-0.1, -0.05) is 30.3 Å². The van der Waals surface area contributed by atoms with E-state index >= 15 is 0 Å². The summed E-state index contributed by atoms with van der Waals surface area (Å²) in [5.41, 5.74) is 4.58. The van der Waals surface area contributed by atoms with Crippen molar-refractivity contribution in [3.05, 3.63) is 41.6 Å². The monoisotopic (exact) mass is 340 g/mol. The average molecular weight is 340 g/mol. The molecule has 2 aromatic rings. The first-order valence-corrected chi connectivity index (χ1v) is 8.68. The van der Waals surface area contributed by atoms with Gasteiger partial charge in [0.25, 0.3) is 0 Å². The van der Waals surface area contributed by atoms with Gasteiger partial charge < -0.3 is 10.2 Å². The van der Waals surface area contributed by atoms with Crippen LogP contribution in [0.1, 0.15) is 24.6 Å². The standard InChI is InChI=1S/C19H24N4O2/c1-14(24)20-11-8-18(25)23-12-9-16-17(10-13-23)22(2)21-19(16)15-6-4-3-5-7-15/h3-7H,8-13H2,1-2H3,(H,20,24). The lowest BCUT2D eigenvalue weighted by Gasteiger charge is -2.20. The van der Waals surface area contributed by atoms with Crippen LogP contribution in [0.4, 0.5) is 0 Å². The molecule has 0 radical (unpaired) electrons. The zero-order chi connectivity index (χ0) is 17.8. The molecule has 0 saturated heterocycles. The summed E-state index contributed by atoms with van der Waals surface area (Å²) < 4.78 is 1.95. The van der Waals surface area contributed by atoms with E-state index in [1.807, 2.05) is 34.8 Å². The molecule has 1 aliphatic heterocycles. The quantitative estimate of drug-likeness (QED) is 0.918. The van der Waals surface area contributed by atoms with Crippen LogP contribution in [0.25, 0.3) is 11.3 Å². The number of carbonyl (C=O) groups is 2. The Labute approximate surface area is 147 Å². The minimum Gasteiger partial charge on any atom is -0.356 e. The molecule has 0 atom stereocenters. The van der Waals surface area contributed by atoms with Crippen molar-refractivity contribution >= 4 is 11.8 Å². The molecule has 0 bridgehead atoms. The lowest BCUT2D eigenvalue weighted by molar-refractivity contribution is -0.131. The van der Waals surface area contributed by atoms with Gasteiger partial charge in [-0.15, -0.1) is 0 Å². The predicted molar refractivity (Wildman–Crippen MR) is 95.9 cm³/mol. The van der Waals surface area contributed by atoms with Crippen LogP contribution in [0, 0.1) is 0 Å². The number of hydrogen-bond donors (Lipinski definition) is 1. The normalized spacial score (nSPS) is 13.9. The van der Waals surface area contributed by atoms with E-state index in [-0.39, 0.29) is 11.8 Å². The smallest absolute Gasteiger partial charge is 0.224 e. The molecule has 3 rings (SSSR count). The Morgan fingerprint density at radius 1 is 1.16 bits per heavy atom. The van der Waals surface area contributed by atoms with Crippen LogP contribution in [-0.4, -0.2) is 46.1 Å². The summed E-state index contributed by atoms with van der Waals surface area (Å²) in [6.45, 7) is 3.25. The lowest BCUT2D eigenvalue weighted by atomic mass is 10.0. The highest BCUT2D eigenvalue weighted by Crippen LogP contribution is 2.27. The van der Waals surface area contributed by atoms with Crippen LogP contribution in [0.15, 0.2) is 30.3 Å². The molecule has 0 saturated carbocycles. The van der Waals surface area contributed by atoms with Gasteiger partial charge in [0.2, 0.25) is 11.8 Å². The number of fused-ring (bicyclic) bond motifs is 1. The highest BCUT2D eigenvalue weighted by Gasteiger charge is 2.24. The molecular weight excluding hydrogens is 316 g/mol. The molecule has 2 heterocycles. The second-order valence-corrected chi connectivity index (χ2v) is 6.38. The van der Waals surface area contributed by atoms with Gasteiger partial charge in [0, 0.05) is 63.3 Å². The lowest BCUT2D eigenvalue weighted by Crippen LogP contribution is -2.36. The minimum atomic E-state index is -0.102. The van der Waals surface area contributed by atoms with Gasteiger partial charge in [0.15, 0.2) is 0 Å². The maximum absolute atomic E-state index is 12.4. The molecule has 1 aromatic carbocycles. The van der Waals surface area contributed by atoms with Crippen molar-refractivity contribution in [2.24, 2.45) is 7.05 Å². The van der Waals surface area contributed by atoms with E-state index in [4.69, 9.17) is 5.10 Å². The Bertz CT molecular complexity index is 767. The maximum atomic E-state index is 12.4. The van der Waals surface area contributed by atoms with Crippen molar-refractivity contribution in [3.63, 3.8) is 0 Å². The van der Waals surface area contributed by atoms with Crippen LogP contribution in [0.2, 0.25) is 0 Å². The molecule has 25 heavy (non-hydrogen) atoms. The van der Waals surface area contributed by atoms with E-state index < -0.39 is 0 Å². The van der Waals surface area contributed by atoms with E-state index in [1.54, 1.807) is 0 Å². The Morgan fingerprint density at radius 3 is 2.60 bits per heavy atom. The zero-order valence-electron chi connectivity index (χ0n) is 14.8. The number of nitrogens with zero attached hydrogens (tertiary/aromatic N) is 3. The van der Waals surface area contributed by atoms with Crippen LogP contribution in [0.3, 0.4) is 0 Å². The molecule has 132 valence electrons. The molecule has 0 spiro atoms. The van der Waals surface area contributed by atoms with Crippen molar-refractivity contribution in [1.82, 2.24) is 20.0 Å². The number of aromatic nitrogens is 2. The summed E-state index contributed by atoms with van der Waals surface area (Å²) in [6.07, 6.45) is 1.95. The van der Waals surface area contributed by atoms with E-state index in [0.717, 1.165) is 24.1 Å². The molecular formula is C19H24N4O2. The maximum Gasteiger partial charge on any atom is 0.224 e. The number of amides is 2. The number of carbonyl (C=O) groups excluding carboxylic acids is 2. The number of benzene rings is 1. The van der Waals surface area contributed by atoms with Crippen molar-refractivity contribution in [2.45, 2.75) is 26.2 Å². The fraction of sp³-hybridized carbons (Fsp3) is 0.421. The predicted octanol–water partition coefficient (Wildman–Crippen LogP) is 1.54. The number of hydrogen-bond acceptors (Lipinski definition) is 3. The second kappa shape index (κ2) is 7.51. The van der Waals surface area contributed by atoms with Crippen LogP contribution >= 0.6 is 0 Å². The number of nitrogens with one attached hydrogen (secondary N) is 1. The first kappa shape index (κ1) is 17.2. The topological polar surface area (TPSA) is 67.2 Å². The zero-order valence-corrected chi connectivity index (χ0v) is 14.8. The third-order valence-corrected chi connectivity index (χ3v) is 4.64. The van der Waals surface area contributed by atoms with Crippen molar-refractivity contribution < 1.29 is 9.59 Å². The van der Waals surface area contributed by atoms with Gasteiger partial charge in [-0.25, -0.2) is 0 Å². The van der Waals surface area contributed by atoms with Gasteiger partial charge in [0.1, 0.15) is 0 Å². The molecule has 1 aromatic heterocycles. The van der Waals surface area contributed by atoms with Gasteiger partial charge in [-0.05, 0) is 6.42 Å². The molecule has 0 fully saturated rings. The fourth-order valence-electron chi connectivity index (χ4n) is 3.36. The third-order valence-electron chi connectivity index (χ3n) is 4.64. The first-order chi connectivity index (χ1) is 12.1. The molecule has 1 aliphatic rings. The van der Waals surface area contributed by atoms with Gasteiger partial charge >= 0.3 is 0 Å². The van der Waals surface area contributed by atoms with Crippen LogP contribution in [-0.2, 0) is 29.5 Å². The van der Waals surface area contributed by atoms with Crippen LogP contribution in [0.5, 0.6) is 0 Å². The summed E-state index contributed by atoms with van der Waals surface area (Å²) in [7, 11) is 1.97. The SMILES string of the molecule is CC(=O)NCCC(=O)N1CCc2c(-c3ccccc3)nn(C)c2CC1. The summed E-state index contributed by atoms with van der Waals surface area (Å²) in [5.74, 6) is -0.00887. The Kier molecular flexibility index (Phi) is 5.16. The van der Waals surface area contributed by atoms with Crippen molar-refractivity contribution in [1.29, 1.82) is 0 Å². The minimum absolute atomic E-state index is 0.0933. The number of rotatable bonds is 4. The molecule has 6 nitrogen and oxygen atoms in total. The van der Waals surface area contributed by atoms with E-state index in [1.165, 1.54) is 18.2 Å². The number of aryl methyl sites for hydroxylation is 1. The molecule has 1 N–H and O–H groups in total. The van der Waals surface area contributed by atoms with E-state index in [2.05, 4.69) is 17.4 Å². The van der Waals surface area contributed by atoms with Crippen molar-refractivity contribution in [2.75, 3.05) is 19.6 Å². The summed E-state index contributed by atoms with van der Waals surface area (Å²) in [4.78, 5) is 25.2. The largest absolute Gasteiger partial charge is 0.356 e. The molecule has 0 aliphatic carbocycles. The van der Waals surface area contributed by atoms with Crippen molar-refractivity contribution in [3.8, 4) is 11.3 Å². The van der Waals surface area contributed by atoms with Gasteiger partial charge in [-0.3, -0.25) is 14.3 Å². The Hall–Kier alpha value is -2.63. The van der Waals surface area contributed by atoms with E-state index in [9.17, 15) is 9.59 Å². The molecule has 6 heteroatoms. The molecule has 0 unspecified atom stereocenters. The summed E-state index contributed by atoms with van der Waals surface area (Å²) >= 11 is 0. The summed E-state index contributed by atoms with van der Waals surface area (Å²) in [5, 5.41) is 7.39. The van der Waals surface area contributed by atoms with E-state index in [0.29, 0.717) is 26.1 Å². The fourth-order valence-corrected chi connectivity index (χ4v) is 3.36. The molecule has 2 amide bonds. The van der Waals surface area contributed by atoms with Gasteiger partial charge in [0.05, 0.1) is 5.69 Å². The summed E-state index contributed by atoms with van der Waals surface area (Å²) in [6, 6.07) is 10.2. The van der Waals surface area contributed by atoms with Crippen LogP contribution < -0.4 is 5.32 Å². The van der Waals surface area contributed by atoms with Gasteiger partial charge in [-0.2, -0.15) is 5.10 Å². The average Bonchev–Trinajstić information content (AvgIpc) is 2.78. The second-order valence-electron chi connectivity index (χ2n) is 6.38. The Morgan fingerprint density at radius 2 is 1.88 bits per heavy atom. The highest BCUT2D eigenvalue weighted by molar-refractivity contribution is 5.78. The first-order valence-electron chi connectivity index (χ1n) is 8.68. The Balaban J connectivity index is 1.72. The third kappa shape index (κ3) is 3.90. The highest BCUT2D eigenvalue weighted by atomic mass is 16.2.